The Kier molecular flexibility index (Phi) is 6.44. The Labute approximate surface area is 248 Å². The number of aryl methyl sites for hydroxylation is 1. The second-order valence-electron chi connectivity index (χ2n) is 14.6. The number of rotatable bonds is 3. The number of likely N-dealkylation sites (tertiary alicyclic amines) is 1. The number of aromatic nitrogens is 4. The predicted molar refractivity (Wildman–Crippen MR) is 164 cm³/mol. The van der Waals surface area contributed by atoms with E-state index in [0.717, 1.165) is 60.5 Å². The molecule has 1 N–H and O–H groups in total. The molecule has 2 aromatic heterocycles. The zero-order chi connectivity index (χ0) is 30.4. The summed E-state index contributed by atoms with van der Waals surface area (Å²) in [6.07, 6.45) is 3.68. The van der Waals surface area contributed by atoms with E-state index in [2.05, 4.69) is 60.5 Å². The summed E-state index contributed by atoms with van der Waals surface area (Å²) in [4.78, 5) is 31.0. The van der Waals surface area contributed by atoms with E-state index in [1.54, 1.807) is 6.92 Å². The van der Waals surface area contributed by atoms with Crippen LogP contribution in [0.1, 0.15) is 77.2 Å². The Bertz CT molecular complexity index is 1560. The van der Waals surface area contributed by atoms with E-state index in [4.69, 9.17) is 9.84 Å². The number of anilines is 1. The standard InChI is InChI=1S/C32H45N7O3/c1-19-12-25-24(15-33-34-25)26(20(19)2)27-21(3)39(35-28(27)38-11-10-36(22(4)40)16-31(38,8)9)23-13-32(14-23)17-37(18-32)29(41)42-30(5,6)7/h12,15,23H,10-11,13-14,16-18H2,1-9H3,(H,33,34). The van der Waals surface area contributed by atoms with Crippen LogP contribution in [0.2, 0.25) is 0 Å². The number of piperazine rings is 1. The number of carbonyl (C=O) groups excluding carboxylic acids is 2. The van der Waals surface area contributed by atoms with Gasteiger partial charge in [-0.15, -0.1) is 0 Å². The van der Waals surface area contributed by atoms with Gasteiger partial charge in [-0.05, 0) is 85.4 Å². The van der Waals surface area contributed by atoms with Gasteiger partial charge in [0.05, 0.1) is 23.3 Å². The number of aromatic amines is 1. The van der Waals surface area contributed by atoms with Gasteiger partial charge < -0.3 is 19.4 Å². The maximum absolute atomic E-state index is 12.6. The maximum atomic E-state index is 12.6. The van der Waals surface area contributed by atoms with E-state index in [1.165, 1.54) is 16.7 Å². The van der Waals surface area contributed by atoms with Gasteiger partial charge >= 0.3 is 6.09 Å². The van der Waals surface area contributed by atoms with Gasteiger partial charge in [-0.1, -0.05) is 0 Å². The molecule has 1 aliphatic carbocycles. The molecule has 0 unspecified atom stereocenters. The van der Waals surface area contributed by atoms with Crippen molar-refractivity contribution in [1.29, 1.82) is 0 Å². The van der Waals surface area contributed by atoms with Crippen LogP contribution in [-0.2, 0) is 9.53 Å². The molecule has 0 bridgehead atoms. The minimum absolute atomic E-state index is 0.111. The third kappa shape index (κ3) is 4.63. The molecule has 3 aliphatic rings. The number of carbonyl (C=O) groups is 2. The van der Waals surface area contributed by atoms with E-state index in [1.807, 2.05) is 36.8 Å². The van der Waals surface area contributed by atoms with E-state index >= 15 is 0 Å². The van der Waals surface area contributed by atoms with Crippen LogP contribution >= 0.6 is 0 Å². The third-order valence-electron chi connectivity index (χ3n) is 9.64. The van der Waals surface area contributed by atoms with Crippen molar-refractivity contribution < 1.29 is 14.3 Å². The highest BCUT2D eigenvalue weighted by molar-refractivity contribution is 6.00. The molecule has 2 saturated heterocycles. The van der Waals surface area contributed by atoms with Crippen molar-refractivity contribution in [2.24, 2.45) is 5.41 Å². The smallest absolute Gasteiger partial charge is 0.410 e. The van der Waals surface area contributed by atoms with Gasteiger partial charge in [-0.2, -0.15) is 10.2 Å². The Hall–Kier alpha value is -3.56. The molecule has 226 valence electrons. The lowest BCUT2D eigenvalue weighted by atomic mass is 9.61. The summed E-state index contributed by atoms with van der Waals surface area (Å²) < 4.78 is 7.84. The zero-order valence-electron chi connectivity index (χ0n) is 26.6. The minimum Gasteiger partial charge on any atom is -0.444 e. The van der Waals surface area contributed by atoms with Crippen LogP contribution in [0.4, 0.5) is 10.6 Å². The molecular formula is C32H45N7O3. The molecule has 2 aliphatic heterocycles. The number of nitrogens with zero attached hydrogens (tertiary/aromatic N) is 6. The monoisotopic (exact) mass is 575 g/mol. The summed E-state index contributed by atoms with van der Waals surface area (Å²) in [5.41, 5.74) is 6.29. The SMILES string of the molecule is CC(=O)N1CCN(c2nn(C3CC4(C3)CN(C(=O)OC(C)(C)C)C4)c(C)c2-c2c(C)c(C)cc3[nH]ncc23)C(C)(C)C1. The lowest BCUT2D eigenvalue weighted by Gasteiger charge is -2.58. The Morgan fingerprint density at radius 3 is 2.33 bits per heavy atom. The first-order chi connectivity index (χ1) is 19.6. The average molecular weight is 576 g/mol. The second-order valence-corrected chi connectivity index (χ2v) is 14.6. The van der Waals surface area contributed by atoms with Crippen molar-refractivity contribution in [3.8, 4) is 11.1 Å². The van der Waals surface area contributed by atoms with Crippen LogP contribution in [0.5, 0.6) is 0 Å². The lowest BCUT2D eigenvalue weighted by Crippen LogP contribution is -2.64. The normalized spacial score (nSPS) is 20.2. The number of amides is 2. The summed E-state index contributed by atoms with van der Waals surface area (Å²) in [7, 11) is 0. The molecule has 1 saturated carbocycles. The summed E-state index contributed by atoms with van der Waals surface area (Å²) >= 11 is 0. The molecule has 10 heteroatoms. The highest BCUT2D eigenvalue weighted by Gasteiger charge is 2.55. The fourth-order valence-corrected chi connectivity index (χ4v) is 7.40. The van der Waals surface area contributed by atoms with Crippen LogP contribution in [-0.4, -0.2) is 85.6 Å². The molecule has 1 aromatic carbocycles. The second kappa shape index (κ2) is 9.47. The van der Waals surface area contributed by atoms with Gasteiger partial charge in [0.15, 0.2) is 5.82 Å². The number of H-pyrrole nitrogens is 1. The average Bonchev–Trinajstić information content (AvgIpc) is 3.41. The van der Waals surface area contributed by atoms with Crippen molar-refractivity contribution in [1.82, 2.24) is 29.8 Å². The highest BCUT2D eigenvalue weighted by Crippen LogP contribution is 2.55. The molecule has 0 radical (unpaired) electrons. The third-order valence-corrected chi connectivity index (χ3v) is 9.64. The van der Waals surface area contributed by atoms with Crippen molar-refractivity contribution >= 4 is 28.7 Å². The molecule has 1 spiro atoms. The Morgan fingerprint density at radius 2 is 1.71 bits per heavy atom. The van der Waals surface area contributed by atoms with Crippen LogP contribution in [0.15, 0.2) is 12.3 Å². The van der Waals surface area contributed by atoms with E-state index in [0.29, 0.717) is 13.1 Å². The summed E-state index contributed by atoms with van der Waals surface area (Å²) in [6.45, 7) is 21.8. The number of ether oxygens (including phenoxy) is 1. The molecule has 3 aromatic rings. The van der Waals surface area contributed by atoms with Gasteiger partial charge in [-0.25, -0.2) is 4.79 Å². The quantitative estimate of drug-likeness (QED) is 0.451. The molecule has 6 rings (SSSR count). The van der Waals surface area contributed by atoms with Gasteiger partial charge in [0.25, 0.3) is 0 Å². The number of hydrogen-bond acceptors (Lipinski definition) is 6. The summed E-state index contributed by atoms with van der Waals surface area (Å²) in [5.74, 6) is 1.09. The van der Waals surface area contributed by atoms with Gasteiger partial charge in [-0.3, -0.25) is 14.6 Å². The molecule has 2 amide bonds. The van der Waals surface area contributed by atoms with Crippen LogP contribution in [0.3, 0.4) is 0 Å². The van der Waals surface area contributed by atoms with Crippen LogP contribution in [0, 0.1) is 26.2 Å². The van der Waals surface area contributed by atoms with Crippen LogP contribution < -0.4 is 4.90 Å². The van der Waals surface area contributed by atoms with Crippen molar-refractivity contribution in [2.45, 2.75) is 92.3 Å². The minimum atomic E-state index is -0.487. The zero-order valence-corrected chi connectivity index (χ0v) is 26.6. The van der Waals surface area contributed by atoms with E-state index < -0.39 is 5.60 Å². The molecular weight excluding hydrogens is 530 g/mol. The predicted octanol–water partition coefficient (Wildman–Crippen LogP) is 5.37. The first kappa shape index (κ1) is 28.6. The maximum Gasteiger partial charge on any atom is 0.410 e. The molecule has 10 nitrogen and oxygen atoms in total. The first-order valence-electron chi connectivity index (χ1n) is 15.1. The van der Waals surface area contributed by atoms with Gasteiger partial charge in [0.2, 0.25) is 5.91 Å². The molecule has 0 atom stereocenters. The fourth-order valence-electron chi connectivity index (χ4n) is 7.40. The topological polar surface area (TPSA) is 99.6 Å². The van der Waals surface area contributed by atoms with E-state index in [-0.39, 0.29) is 29.0 Å². The largest absolute Gasteiger partial charge is 0.444 e. The Balaban J connectivity index is 1.36. The number of benzene rings is 1. The van der Waals surface area contributed by atoms with Crippen molar-refractivity contribution in [3.05, 3.63) is 29.1 Å². The van der Waals surface area contributed by atoms with Gasteiger partial charge in [0, 0.05) is 67.3 Å². The van der Waals surface area contributed by atoms with Crippen LogP contribution in [0.25, 0.3) is 22.0 Å². The molecule has 3 fully saturated rings. The fraction of sp³-hybridized carbons (Fsp3) is 0.625. The number of hydrogen-bond donors (Lipinski definition) is 1. The number of fused-ring (bicyclic) bond motifs is 1. The van der Waals surface area contributed by atoms with Gasteiger partial charge in [0.1, 0.15) is 5.60 Å². The summed E-state index contributed by atoms with van der Waals surface area (Å²) in [5, 5.41) is 14.1. The highest BCUT2D eigenvalue weighted by atomic mass is 16.6. The summed E-state index contributed by atoms with van der Waals surface area (Å²) in [6, 6.07) is 2.43. The lowest BCUT2D eigenvalue weighted by molar-refractivity contribution is -0.130. The van der Waals surface area contributed by atoms with Crippen molar-refractivity contribution in [2.75, 3.05) is 37.6 Å². The van der Waals surface area contributed by atoms with E-state index in [9.17, 15) is 9.59 Å². The number of nitrogens with one attached hydrogen (secondary N) is 1. The first-order valence-corrected chi connectivity index (χ1v) is 15.1. The van der Waals surface area contributed by atoms with Crippen molar-refractivity contribution in [3.63, 3.8) is 0 Å². The molecule has 42 heavy (non-hydrogen) atoms. The Morgan fingerprint density at radius 1 is 1.02 bits per heavy atom. The molecule has 4 heterocycles.